The van der Waals surface area contributed by atoms with Crippen LogP contribution in [-0.2, 0) is 6.42 Å². The van der Waals surface area contributed by atoms with Crippen molar-refractivity contribution in [1.29, 1.82) is 0 Å². The highest BCUT2D eigenvalue weighted by Crippen LogP contribution is 2.34. The molecule has 1 aliphatic rings. The smallest absolute Gasteiger partial charge is 0.262 e. The quantitative estimate of drug-likeness (QED) is 0.781. The number of para-hydroxylation sites is 1. The molecule has 98 valence electrons. The first-order valence-electron chi connectivity index (χ1n) is 6.55. The molecule has 1 aliphatic heterocycles. The van der Waals surface area contributed by atoms with E-state index in [1.807, 2.05) is 36.9 Å². The minimum atomic E-state index is 0.0428. The largest absolute Gasteiger partial charge is 0.469 e. The fourth-order valence-corrected chi connectivity index (χ4v) is 2.89. The Balaban J connectivity index is 2.06. The van der Waals surface area contributed by atoms with Gasteiger partial charge >= 0.3 is 0 Å². The molecule has 0 radical (unpaired) electrons. The molecule has 1 aromatic heterocycles. The topological polar surface area (TPSA) is 33.5 Å². The van der Waals surface area contributed by atoms with Crippen molar-refractivity contribution in [1.82, 2.24) is 0 Å². The fraction of sp³-hybridized carbons (Fsp3) is 0.312. The first kappa shape index (κ1) is 12.0. The fourth-order valence-electron chi connectivity index (χ4n) is 2.89. The first-order chi connectivity index (χ1) is 9.09. The molecule has 1 amide bonds. The van der Waals surface area contributed by atoms with Crippen LogP contribution in [0, 0.1) is 13.8 Å². The molecular formula is C16H17NO2. The van der Waals surface area contributed by atoms with Crippen LogP contribution < -0.4 is 4.90 Å². The normalized spacial score (nSPS) is 17.6. The second kappa shape index (κ2) is 4.26. The average Bonchev–Trinajstić information content (AvgIpc) is 2.88. The number of hydrogen-bond acceptors (Lipinski definition) is 2. The summed E-state index contributed by atoms with van der Waals surface area (Å²) in [5.41, 5.74) is 3.87. The molecule has 0 bridgehead atoms. The maximum Gasteiger partial charge on any atom is 0.262 e. The van der Waals surface area contributed by atoms with E-state index in [1.54, 1.807) is 6.26 Å². The van der Waals surface area contributed by atoms with Crippen molar-refractivity contribution in [3.63, 3.8) is 0 Å². The number of furan rings is 1. The predicted molar refractivity (Wildman–Crippen MR) is 74.6 cm³/mol. The van der Waals surface area contributed by atoms with Crippen molar-refractivity contribution < 1.29 is 9.21 Å². The zero-order valence-corrected chi connectivity index (χ0v) is 11.4. The maximum atomic E-state index is 12.8. The summed E-state index contributed by atoms with van der Waals surface area (Å²) in [6, 6.07) is 8.30. The molecule has 0 N–H and O–H groups in total. The Morgan fingerprint density at radius 3 is 2.74 bits per heavy atom. The van der Waals surface area contributed by atoms with Crippen LogP contribution in [0.25, 0.3) is 0 Å². The highest BCUT2D eigenvalue weighted by atomic mass is 16.3. The van der Waals surface area contributed by atoms with E-state index < -0.39 is 0 Å². The number of amides is 1. The second-order valence-electron chi connectivity index (χ2n) is 5.21. The Kier molecular flexibility index (Phi) is 2.70. The molecule has 1 aromatic carbocycles. The standard InChI is InChI=1S/C16H17NO2/c1-10-9-19-12(3)15(10)16(18)17-11(2)8-13-6-4-5-7-14(13)17/h4-7,9,11H,8H2,1-3H3. The summed E-state index contributed by atoms with van der Waals surface area (Å²) in [4.78, 5) is 14.7. The summed E-state index contributed by atoms with van der Waals surface area (Å²) in [6.07, 6.45) is 2.56. The van der Waals surface area contributed by atoms with Crippen molar-refractivity contribution in [3.05, 3.63) is 53.0 Å². The number of anilines is 1. The van der Waals surface area contributed by atoms with Crippen molar-refractivity contribution in [2.45, 2.75) is 33.2 Å². The molecule has 2 aromatic rings. The van der Waals surface area contributed by atoms with Gasteiger partial charge in [-0.25, -0.2) is 0 Å². The number of carbonyl (C=O) groups is 1. The van der Waals surface area contributed by atoms with Gasteiger partial charge in [-0.3, -0.25) is 4.79 Å². The molecule has 0 fully saturated rings. The van der Waals surface area contributed by atoms with Gasteiger partial charge in [-0.05, 0) is 38.8 Å². The van der Waals surface area contributed by atoms with Crippen molar-refractivity contribution in [2.75, 3.05) is 4.90 Å². The third-order valence-electron chi connectivity index (χ3n) is 3.80. The zero-order chi connectivity index (χ0) is 13.6. The monoisotopic (exact) mass is 255 g/mol. The van der Waals surface area contributed by atoms with E-state index in [2.05, 4.69) is 13.0 Å². The number of nitrogens with zero attached hydrogens (tertiary/aromatic N) is 1. The molecule has 3 rings (SSSR count). The number of carbonyl (C=O) groups excluding carboxylic acids is 1. The predicted octanol–water partition coefficient (Wildman–Crippen LogP) is 3.49. The summed E-state index contributed by atoms with van der Waals surface area (Å²) in [6.45, 7) is 5.84. The van der Waals surface area contributed by atoms with E-state index in [-0.39, 0.29) is 11.9 Å². The molecule has 2 heterocycles. The summed E-state index contributed by atoms with van der Waals surface area (Å²) >= 11 is 0. The van der Waals surface area contributed by atoms with E-state index in [0.29, 0.717) is 11.3 Å². The van der Waals surface area contributed by atoms with Crippen LogP contribution in [0.4, 0.5) is 5.69 Å². The van der Waals surface area contributed by atoms with Crippen molar-refractivity contribution >= 4 is 11.6 Å². The average molecular weight is 255 g/mol. The third kappa shape index (κ3) is 1.77. The summed E-state index contributed by atoms with van der Waals surface area (Å²) in [5, 5.41) is 0. The Morgan fingerprint density at radius 1 is 1.32 bits per heavy atom. The van der Waals surface area contributed by atoms with Crippen LogP contribution in [0.5, 0.6) is 0 Å². The third-order valence-corrected chi connectivity index (χ3v) is 3.80. The van der Waals surface area contributed by atoms with Crippen molar-refractivity contribution in [2.24, 2.45) is 0 Å². The van der Waals surface area contributed by atoms with Crippen LogP contribution in [-0.4, -0.2) is 11.9 Å². The van der Waals surface area contributed by atoms with Gasteiger partial charge in [-0.2, -0.15) is 0 Å². The van der Waals surface area contributed by atoms with Gasteiger partial charge in [0.2, 0.25) is 0 Å². The second-order valence-corrected chi connectivity index (χ2v) is 5.21. The summed E-state index contributed by atoms with van der Waals surface area (Å²) < 4.78 is 5.35. The molecule has 0 spiro atoms. The van der Waals surface area contributed by atoms with E-state index in [9.17, 15) is 4.79 Å². The number of rotatable bonds is 1. The Bertz CT molecular complexity index is 622. The van der Waals surface area contributed by atoms with E-state index in [4.69, 9.17) is 4.42 Å². The van der Waals surface area contributed by atoms with Gasteiger partial charge in [0.25, 0.3) is 5.91 Å². The minimum Gasteiger partial charge on any atom is -0.469 e. The van der Waals surface area contributed by atoms with Crippen LogP contribution >= 0.6 is 0 Å². The van der Waals surface area contributed by atoms with Gasteiger partial charge in [0.1, 0.15) is 5.76 Å². The number of fused-ring (bicyclic) bond motifs is 1. The molecule has 0 saturated carbocycles. The molecule has 0 aliphatic carbocycles. The number of benzene rings is 1. The van der Waals surface area contributed by atoms with Crippen molar-refractivity contribution in [3.8, 4) is 0 Å². The van der Waals surface area contributed by atoms with Gasteiger partial charge in [0.05, 0.1) is 11.8 Å². The molecule has 1 atom stereocenters. The van der Waals surface area contributed by atoms with Crippen LogP contribution in [0.1, 0.15) is 34.2 Å². The molecule has 0 saturated heterocycles. The molecular weight excluding hydrogens is 238 g/mol. The SMILES string of the molecule is Cc1coc(C)c1C(=O)N1c2ccccc2CC1C. The maximum absolute atomic E-state index is 12.8. The van der Waals surface area contributed by atoms with Gasteiger partial charge in [0, 0.05) is 17.3 Å². The van der Waals surface area contributed by atoms with Gasteiger partial charge < -0.3 is 9.32 Å². The van der Waals surface area contributed by atoms with Gasteiger partial charge in [-0.15, -0.1) is 0 Å². The van der Waals surface area contributed by atoms with Gasteiger partial charge in [0.15, 0.2) is 0 Å². The Morgan fingerprint density at radius 2 is 2.05 bits per heavy atom. The number of aryl methyl sites for hydroxylation is 2. The zero-order valence-electron chi connectivity index (χ0n) is 11.4. The van der Waals surface area contributed by atoms with E-state index >= 15 is 0 Å². The molecule has 19 heavy (non-hydrogen) atoms. The van der Waals surface area contributed by atoms with E-state index in [1.165, 1.54) is 5.56 Å². The minimum absolute atomic E-state index is 0.0428. The lowest BCUT2D eigenvalue weighted by atomic mass is 10.1. The van der Waals surface area contributed by atoms with Gasteiger partial charge in [-0.1, -0.05) is 18.2 Å². The highest BCUT2D eigenvalue weighted by Gasteiger charge is 2.33. The van der Waals surface area contributed by atoms with Crippen LogP contribution in [0.15, 0.2) is 34.9 Å². The summed E-state index contributed by atoms with van der Waals surface area (Å²) in [7, 11) is 0. The van der Waals surface area contributed by atoms with Crippen LogP contribution in [0.2, 0.25) is 0 Å². The lowest BCUT2D eigenvalue weighted by Gasteiger charge is -2.22. The molecule has 1 unspecified atom stereocenters. The van der Waals surface area contributed by atoms with Crippen LogP contribution in [0.3, 0.4) is 0 Å². The Hall–Kier alpha value is -2.03. The Labute approximate surface area is 112 Å². The number of hydrogen-bond donors (Lipinski definition) is 0. The molecule has 3 nitrogen and oxygen atoms in total. The lowest BCUT2D eigenvalue weighted by Crippen LogP contribution is -2.36. The summed E-state index contributed by atoms with van der Waals surface area (Å²) in [5.74, 6) is 0.736. The molecule has 3 heteroatoms. The highest BCUT2D eigenvalue weighted by molar-refractivity contribution is 6.09. The lowest BCUT2D eigenvalue weighted by molar-refractivity contribution is 0.0979. The van der Waals surface area contributed by atoms with E-state index in [0.717, 1.165) is 17.7 Å². The first-order valence-corrected chi connectivity index (χ1v) is 6.55.